The predicted molar refractivity (Wildman–Crippen MR) is 79.1 cm³/mol. The van der Waals surface area contributed by atoms with Crippen LogP contribution < -0.4 is 0 Å². The Hall–Kier alpha value is -2.49. The van der Waals surface area contributed by atoms with E-state index < -0.39 is 0 Å². The number of fused-ring (bicyclic) bond motifs is 1. The Balaban J connectivity index is 1.99. The van der Waals surface area contributed by atoms with Gasteiger partial charge in [-0.05, 0) is 36.8 Å². The van der Waals surface area contributed by atoms with Crippen LogP contribution in [0.3, 0.4) is 0 Å². The molecular weight excluding hydrogens is 253 g/mol. The summed E-state index contributed by atoms with van der Waals surface area (Å²) in [4.78, 5) is 8.93. The quantitative estimate of drug-likeness (QED) is 0.661. The van der Waals surface area contributed by atoms with Crippen molar-refractivity contribution in [1.29, 1.82) is 0 Å². The molecule has 0 aliphatic heterocycles. The number of aliphatic imine (C=N–C) groups is 1. The van der Waals surface area contributed by atoms with Gasteiger partial charge in [0.1, 0.15) is 5.82 Å². The van der Waals surface area contributed by atoms with Crippen molar-refractivity contribution in [1.82, 2.24) is 9.55 Å². The number of aromatic nitrogens is 2. The lowest BCUT2D eigenvalue weighted by Gasteiger charge is -2.01. The normalized spacial score (nSPS) is 11.5. The molecule has 3 nitrogen and oxygen atoms in total. The Kier molecular flexibility index (Phi) is 3.29. The van der Waals surface area contributed by atoms with Crippen LogP contribution in [-0.2, 0) is 6.54 Å². The molecule has 0 bridgehead atoms. The fourth-order valence-corrected chi connectivity index (χ4v) is 2.15. The summed E-state index contributed by atoms with van der Waals surface area (Å²) in [6.45, 7) is 2.86. The van der Waals surface area contributed by atoms with Gasteiger partial charge in [0.15, 0.2) is 0 Å². The third-order valence-electron chi connectivity index (χ3n) is 3.15. The van der Waals surface area contributed by atoms with E-state index in [1.165, 1.54) is 12.1 Å². The first-order valence-corrected chi connectivity index (χ1v) is 6.53. The third-order valence-corrected chi connectivity index (χ3v) is 3.15. The Labute approximate surface area is 116 Å². The van der Waals surface area contributed by atoms with Crippen molar-refractivity contribution < 1.29 is 4.39 Å². The highest BCUT2D eigenvalue weighted by molar-refractivity contribution is 5.83. The van der Waals surface area contributed by atoms with Gasteiger partial charge in [-0.15, -0.1) is 0 Å². The third kappa shape index (κ3) is 2.32. The Morgan fingerprint density at radius 3 is 2.65 bits per heavy atom. The molecule has 0 radical (unpaired) electrons. The van der Waals surface area contributed by atoms with Crippen molar-refractivity contribution in [2.45, 2.75) is 13.5 Å². The van der Waals surface area contributed by atoms with Crippen LogP contribution in [0, 0.1) is 5.82 Å². The van der Waals surface area contributed by atoms with Crippen LogP contribution in [-0.4, -0.2) is 15.8 Å². The first-order chi connectivity index (χ1) is 9.78. The van der Waals surface area contributed by atoms with Gasteiger partial charge in [-0.1, -0.05) is 24.3 Å². The first kappa shape index (κ1) is 12.5. The van der Waals surface area contributed by atoms with Crippen LogP contribution in [0.25, 0.3) is 11.0 Å². The highest BCUT2D eigenvalue weighted by Gasteiger charge is 2.06. The molecule has 20 heavy (non-hydrogen) atoms. The zero-order valence-electron chi connectivity index (χ0n) is 11.1. The maximum atomic E-state index is 12.8. The molecule has 0 saturated carbocycles. The molecule has 1 aromatic heterocycles. The molecule has 3 aromatic rings. The summed E-state index contributed by atoms with van der Waals surface area (Å²) in [7, 11) is 0. The monoisotopic (exact) mass is 267 g/mol. The minimum absolute atomic E-state index is 0.247. The number of aryl methyl sites for hydroxylation is 1. The van der Waals surface area contributed by atoms with Gasteiger partial charge in [0.25, 0.3) is 0 Å². The van der Waals surface area contributed by atoms with Crippen molar-refractivity contribution in [3.05, 3.63) is 59.9 Å². The number of nitrogens with zero attached hydrogens (tertiary/aromatic N) is 3. The average Bonchev–Trinajstić information content (AvgIpc) is 2.84. The lowest BCUT2D eigenvalue weighted by Crippen LogP contribution is -1.93. The SMILES string of the molecule is CCn1c(N=Cc2ccc(F)cc2)nc2ccccc21. The van der Waals surface area contributed by atoms with Crippen molar-refractivity contribution >= 4 is 23.2 Å². The van der Waals surface area contributed by atoms with Crippen LogP contribution in [0.4, 0.5) is 10.3 Å². The van der Waals surface area contributed by atoms with E-state index >= 15 is 0 Å². The molecule has 0 saturated heterocycles. The van der Waals surface area contributed by atoms with E-state index in [1.54, 1.807) is 18.3 Å². The van der Waals surface area contributed by atoms with E-state index in [0.29, 0.717) is 5.95 Å². The lowest BCUT2D eigenvalue weighted by molar-refractivity contribution is 0.628. The fourth-order valence-electron chi connectivity index (χ4n) is 2.15. The zero-order chi connectivity index (χ0) is 13.9. The zero-order valence-corrected chi connectivity index (χ0v) is 11.1. The molecular formula is C16H14FN3. The van der Waals surface area contributed by atoms with Gasteiger partial charge in [-0.25, -0.2) is 14.4 Å². The topological polar surface area (TPSA) is 30.2 Å². The highest BCUT2D eigenvalue weighted by atomic mass is 19.1. The van der Waals surface area contributed by atoms with E-state index in [0.717, 1.165) is 23.1 Å². The van der Waals surface area contributed by atoms with Gasteiger partial charge in [0, 0.05) is 12.8 Å². The van der Waals surface area contributed by atoms with E-state index in [4.69, 9.17) is 0 Å². The molecule has 1 heterocycles. The van der Waals surface area contributed by atoms with Crippen molar-refractivity contribution in [2.24, 2.45) is 4.99 Å². The van der Waals surface area contributed by atoms with E-state index in [-0.39, 0.29) is 5.82 Å². The summed E-state index contributed by atoms with van der Waals surface area (Å²) in [6, 6.07) is 14.2. The summed E-state index contributed by atoms with van der Waals surface area (Å²) < 4.78 is 14.9. The fraction of sp³-hybridized carbons (Fsp3) is 0.125. The van der Waals surface area contributed by atoms with Crippen LogP contribution in [0.2, 0.25) is 0 Å². The Morgan fingerprint density at radius 2 is 1.90 bits per heavy atom. The van der Waals surface area contributed by atoms with Gasteiger partial charge in [0.2, 0.25) is 5.95 Å². The second-order valence-corrected chi connectivity index (χ2v) is 4.45. The molecule has 0 fully saturated rings. The number of hydrogen-bond acceptors (Lipinski definition) is 2. The van der Waals surface area contributed by atoms with Crippen molar-refractivity contribution in [3.63, 3.8) is 0 Å². The number of rotatable bonds is 3. The first-order valence-electron chi connectivity index (χ1n) is 6.53. The Morgan fingerprint density at radius 1 is 1.15 bits per heavy atom. The lowest BCUT2D eigenvalue weighted by atomic mass is 10.2. The summed E-state index contributed by atoms with van der Waals surface area (Å²) in [5.74, 6) is 0.418. The summed E-state index contributed by atoms with van der Waals surface area (Å²) in [6.07, 6.45) is 1.70. The summed E-state index contributed by atoms with van der Waals surface area (Å²) in [5, 5.41) is 0. The molecule has 2 aromatic carbocycles. The second-order valence-electron chi connectivity index (χ2n) is 4.45. The van der Waals surface area contributed by atoms with Gasteiger partial charge < -0.3 is 4.57 Å². The molecule has 0 N–H and O–H groups in total. The van der Waals surface area contributed by atoms with Gasteiger partial charge >= 0.3 is 0 Å². The number of hydrogen-bond donors (Lipinski definition) is 0. The average molecular weight is 267 g/mol. The largest absolute Gasteiger partial charge is 0.309 e. The molecule has 0 atom stereocenters. The van der Waals surface area contributed by atoms with Gasteiger partial charge in [-0.2, -0.15) is 0 Å². The number of imidazole rings is 1. The number of benzene rings is 2. The smallest absolute Gasteiger partial charge is 0.230 e. The summed E-state index contributed by atoms with van der Waals surface area (Å²) in [5.41, 5.74) is 2.85. The van der Waals surface area contributed by atoms with Crippen LogP contribution >= 0.6 is 0 Å². The van der Waals surface area contributed by atoms with Crippen molar-refractivity contribution in [2.75, 3.05) is 0 Å². The maximum absolute atomic E-state index is 12.8. The molecule has 4 heteroatoms. The molecule has 100 valence electrons. The molecule has 0 spiro atoms. The molecule has 0 aliphatic carbocycles. The highest BCUT2D eigenvalue weighted by Crippen LogP contribution is 2.21. The molecule has 0 aliphatic rings. The van der Waals surface area contributed by atoms with E-state index in [1.807, 2.05) is 24.3 Å². The van der Waals surface area contributed by atoms with Gasteiger partial charge in [0.05, 0.1) is 11.0 Å². The second kappa shape index (κ2) is 5.25. The maximum Gasteiger partial charge on any atom is 0.230 e. The Bertz CT molecular complexity index is 757. The van der Waals surface area contributed by atoms with E-state index in [2.05, 4.69) is 21.5 Å². The molecule has 3 rings (SSSR count). The van der Waals surface area contributed by atoms with E-state index in [9.17, 15) is 4.39 Å². The van der Waals surface area contributed by atoms with Crippen molar-refractivity contribution in [3.8, 4) is 0 Å². The minimum atomic E-state index is -0.247. The number of halogens is 1. The summed E-state index contributed by atoms with van der Waals surface area (Å²) >= 11 is 0. The standard InChI is InChI=1S/C16H14FN3/c1-2-20-15-6-4-3-5-14(15)19-16(20)18-11-12-7-9-13(17)10-8-12/h3-11H,2H2,1H3. The van der Waals surface area contributed by atoms with Crippen LogP contribution in [0.1, 0.15) is 12.5 Å². The molecule has 0 amide bonds. The van der Waals surface area contributed by atoms with Gasteiger partial charge in [-0.3, -0.25) is 0 Å². The van der Waals surface area contributed by atoms with Crippen LogP contribution in [0.15, 0.2) is 53.5 Å². The molecule has 0 unspecified atom stereocenters. The van der Waals surface area contributed by atoms with Crippen LogP contribution in [0.5, 0.6) is 0 Å². The predicted octanol–water partition coefficient (Wildman–Crippen LogP) is 3.95. The number of para-hydroxylation sites is 2. The minimum Gasteiger partial charge on any atom is -0.309 e.